The van der Waals surface area contributed by atoms with Crippen molar-refractivity contribution >= 4 is 18.0 Å². The summed E-state index contributed by atoms with van der Waals surface area (Å²) in [5.41, 5.74) is 5.23. The fraction of sp³-hybridized carbons (Fsp3) is 0.591. The minimum absolute atomic E-state index is 0.264. The van der Waals surface area contributed by atoms with E-state index in [1.165, 1.54) is 17.7 Å². The SMILES string of the molecule is NC(=O)C1(NC(=O)N2C(=O)N(CC3CCCC3)C3C=CC=CC=C32)CCCCC1. The summed E-state index contributed by atoms with van der Waals surface area (Å²) >= 11 is 0. The maximum absolute atomic E-state index is 13.3. The third kappa shape index (κ3) is 3.70. The van der Waals surface area contributed by atoms with E-state index in [9.17, 15) is 14.4 Å². The molecule has 4 rings (SSSR count). The summed E-state index contributed by atoms with van der Waals surface area (Å²) in [5, 5.41) is 2.85. The average molecular weight is 399 g/mol. The lowest BCUT2D eigenvalue weighted by Gasteiger charge is -2.36. The van der Waals surface area contributed by atoms with Crippen molar-refractivity contribution in [2.24, 2.45) is 11.7 Å². The summed E-state index contributed by atoms with van der Waals surface area (Å²) < 4.78 is 0. The van der Waals surface area contributed by atoms with Gasteiger partial charge in [-0.15, -0.1) is 0 Å². The first-order valence-corrected chi connectivity index (χ1v) is 10.8. The largest absolute Gasteiger partial charge is 0.368 e. The summed E-state index contributed by atoms with van der Waals surface area (Å²) in [6.07, 6.45) is 17.8. The van der Waals surface area contributed by atoms with Gasteiger partial charge in [0.1, 0.15) is 5.54 Å². The molecule has 29 heavy (non-hydrogen) atoms. The van der Waals surface area contributed by atoms with Gasteiger partial charge in [0.05, 0.1) is 11.7 Å². The van der Waals surface area contributed by atoms with Crippen molar-refractivity contribution in [1.82, 2.24) is 15.1 Å². The van der Waals surface area contributed by atoms with Gasteiger partial charge in [-0.1, -0.05) is 56.4 Å². The molecule has 3 N–H and O–H groups in total. The number of imide groups is 1. The maximum Gasteiger partial charge on any atom is 0.333 e. The van der Waals surface area contributed by atoms with Crippen LogP contribution in [0.15, 0.2) is 36.1 Å². The predicted molar refractivity (Wildman–Crippen MR) is 110 cm³/mol. The molecule has 4 aliphatic rings. The topological polar surface area (TPSA) is 95.7 Å². The highest BCUT2D eigenvalue weighted by atomic mass is 16.2. The number of hydrogen-bond donors (Lipinski definition) is 2. The Labute approximate surface area is 171 Å². The van der Waals surface area contributed by atoms with E-state index >= 15 is 0 Å². The minimum Gasteiger partial charge on any atom is -0.368 e. The second-order valence-corrected chi connectivity index (χ2v) is 8.66. The fourth-order valence-electron chi connectivity index (χ4n) is 5.13. The molecule has 1 atom stereocenters. The molecule has 3 aliphatic carbocycles. The number of allylic oxidation sites excluding steroid dienone is 4. The molecule has 7 nitrogen and oxygen atoms in total. The summed E-state index contributed by atoms with van der Waals surface area (Å²) in [6.45, 7) is 0.649. The molecule has 0 aromatic heterocycles. The van der Waals surface area contributed by atoms with E-state index < -0.39 is 17.5 Å². The molecule has 0 aromatic rings. The van der Waals surface area contributed by atoms with Crippen molar-refractivity contribution in [2.75, 3.05) is 6.54 Å². The molecule has 3 fully saturated rings. The van der Waals surface area contributed by atoms with Gasteiger partial charge in [-0.2, -0.15) is 0 Å². The lowest BCUT2D eigenvalue weighted by Crippen LogP contribution is -2.61. The summed E-state index contributed by atoms with van der Waals surface area (Å²) in [6, 6.07) is -1.13. The number of carbonyl (C=O) groups excluding carboxylic acids is 3. The first-order valence-electron chi connectivity index (χ1n) is 10.8. The summed E-state index contributed by atoms with van der Waals surface area (Å²) in [4.78, 5) is 41.8. The Kier molecular flexibility index (Phi) is 5.48. The Morgan fingerprint density at radius 2 is 1.79 bits per heavy atom. The highest BCUT2D eigenvalue weighted by Gasteiger charge is 2.48. The van der Waals surface area contributed by atoms with Crippen molar-refractivity contribution < 1.29 is 14.4 Å². The minimum atomic E-state index is -1.07. The van der Waals surface area contributed by atoms with Gasteiger partial charge in [-0.05, 0) is 37.7 Å². The number of primary amides is 1. The molecule has 1 aliphatic heterocycles. The number of nitrogens with two attached hydrogens (primary N) is 1. The van der Waals surface area contributed by atoms with Gasteiger partial charge in [0.15, 0.2) is 0 Å². The Morgan fingerprint density at radius 3 is 2.48 bits per heavy atom. The lowest BCUT2D eigenvalue weighted by atomic mass is 9.81. The molecule has 1 unspecified atom stereocenters. The average Bonchev–Trinajstić information content (AvgIpc) is 3.22. The monoisotopic (exact) mass is 398 g/mol. The van der Waals surface area contributed by atoms with Crippen LogP contribution in [0.1, 0.15) is 57.8 Å². The normalized spacial score (nSPS) is 26.3. The van der Waals surface area contributed by atoms with E-state index in [1.807, 2.05) is 30.4 Å². The second kappa shape index (κ2) is 8.05. The van der Waals surface area contributed by atoms with Crippen molar-refractivity contribution in [3.05, 3.63) is 36.1 Å². The maximum atomic E-state index is 13.3. The van der Waals surface area contributed by atoms with Crippen LogP contribution in [0.3, 0.4) is 0 Å². The lowest BCUT2D eigenvalue weighted by molar-refractivity contribution is -0.125. The van der Waals surface area contributed by atoms with Crippen molar-refractivity contribution in [2.45, 2.75) is 69.4 Å². The molecule has 0 spiro atoms. The van der Waals surface area contributed by atoms with Gasteiger partial charge in [-0.25, -0.2) is 14.5 Å². The number of urea groups is 2. The number of nitrogens with one attached hydrogen (secondary N) is 1. The van der Waals surface area contributed by atoms with Crippen LogP contribution < -0.4 is 11.1 Å². The second-order valence-electron chi connectivity index (χ2n) is 8.66. The van der Waals surface area contributed by atoms with Crippen LogP contribution in [0.5, 0.6) is 0 Å². The highest BCUT2D eigenvalue weighted by Crippen LogP contribution is 2.35. The van der Waals surface area contributed by atoms with Gasteiger partial charge in [0.2, 0.25) is 5.91 Å². The number of nitrogens with zero attached hydrogens (tertiary/aromatic N) is 2. The zero-order chi connectivity index (χ0) is 20.4. The molecule has 156 valence electrons. The molecular weight excluding hydrogens is 368 g/mol. The van der Waals surface area contributed by atoms with Gasteiger partial charge in [0, 0.05) is 6.54 Å². The van der Waals surface area contributed by atoms with Crippen LogP contribution in [0.2, 0.25) is 0 Å². The van der Waals surface area contributed by atoms with E-state index in [0.717, 1.165) is 32.1 Å². The first-order chi connectivity index (χ1) is 14.0. The van der Waals surface area contributed by atoms with Crippen LogP contribution in [0.25, 0.3) is 0 Å². The summed E-state index contributed by atoms with van der Waals surface area (Å²) in [5.74, 6) is -0.0469. The van der Waals surface area contributed by atoms with Gasteiger partial charge < -0.3 is 16.0 Å². The van der Waals surface area contributed by atoms with E-state index in [0.29, 0.717) is 31.0 Å². The van der Waals surface area contributed by atoms with Crippen LogP contribution >= 0.6 is 0 Å². The van der Waals surface area contributed by atoms with Crippen molar-refractivity contribution in [3.63, 3.8) is 0 Å². The smallest absolute Gasteiger partial charge is 0.333 e. The number of amides is 5. The van der Waals surface area contributed by atoms with E-state index in [-0.39, 0.29) is 12.1 Å². The number of hydrogen-bond acceptors (Lipinski definition) is 3. The first kappa shape index (κ1) is 19.7. The van der Waals surface area contributed by atoms with Gasteiger partial charge in [-0.3, -0.25) is 4.79 Å². The molecule has 7 heteroatoms. The van der Waals surface area contributed by atoms with Crippen molar-refractivity contribution in [3.8, 4) is 0 Å². The Morgan fingerprint density at radius 1 is 1.07 bits per heavy atom. The zero-order valence-corrected chi connectivity index (χ0v) is 16.8. The third-order valence-electron chi connectivity index (χ3n) is 6.77. The summed E-state index contributed by atoms with van der Waals surface area (Å²) in [7, 11) is 0. The van der Waals surface area contributed by atoms with E-state index in [1.54, 1.807) is 4.90 Å². The quantitative estimate of drug-likeness (QED) is 0.761. The van der Waals surface area contributed by atoms with Crippen LogP contribution in [0.4, 0.5) is 9.59 Å². The van der Waals surface area contributed by atoms with Crippen LogP contribution in [0, 0.1) is 5.92 Å². The molecule has 5 amide bonds. The molecule has 2 saturated carbocycles. The third-order valence-corrected chi connectivity index (χ3v) is 6.77. The number of fused-ring (bicyclic) bond motifs is 1. The molecule has 0 aromatic carbocycles. The fourth-order valence-corrected chi connectivity index (χ4v) is 5.13. The Balaban J connectivity index is 1.59. The van der Waals surface area contributed by atoms with Crippen molar-refractivity contribution in [1.29, 1.82) is 0 Å². The number of rotatable bonds is 4. The standard InChI is InChI=1S/C22H30N4O3/c23-19(27)22(13-7-2-8-14-22)24-20(28)26-18-12-4-1-3-11-17(18)25(21(26)29)15-16-9-5-6-10-16/h1,3-4,11-12,16-17H,2,5-10,13-15H2,(H2,23,27)(H,24,28). The Bertz CT molecular complexity index is 773. The molecular formula is C22H30N4O3. The zero-order valence-electron chi connectivity index (χ0n) is 16.8. The van der Waals surface area contributed by atoms with Crippen LogP contribution in [-0.4, -0.2) is 45.9 Å². The molecule has 1 heterocycles. The predicted octanol–water partition coefficient (Wildman–Crippen LogP) is 3.19. The van der Waals surface area contributed by atoms with Gasteiger partial charge in [0.25, 0.3) is 0 Å². The molecule has 0 bridgehead atoms. The number of carbonyl (C=O) groups is 3. The molecule has 1 saturated heterocycles. The van der Waals surface area contributed by atoms with E-state index in [4.69, 9.17) is 5.73 Å². The molecule has 0 radical (unpaired) electrons. The van der Waals surface area contributed by atoms with Crippen LogP contribution in [-0.2, 0) is 4.79 Å². The van der Waals surface area contributed by atoms with E-state index in [2.05, 4.69) is 5.32 Å². The highest BCUT2D eigenvalue weighted by molar-refractivity contribution is 6.01. The van der Waals surface area contributed by atoms with Gasteiger partial charge >= 0.3 is 12.1 Å². The Hall–Kier alpha value is -2.57.